The Hall–Kier alpha value is -1.05. The SMILES string of the molecule is O=C(Cc1ccco1)C1CCC1. The Balaban J connectivity index is 1.90. The van der Waals surface area contributed by atoms with Crippen LogP contribution in [0.15, 0.2) is 22.8 Å². The smallest absolute Gasteiger partial charge is 0.143 e. The fraction of sp³-hybridized carbons (Fsp3) is 0.500. The summed E-state index contributed by atoms with van der Waals surface area (Å²) in [6.07, 6.45) is 5.48. The lowest BCUT2D eigenvalue weighted by molar-refractivity contribution is -0.124. The summed E-state index contributed by atoms with van der Waals surface area (Å²) < 4.78 is 5.10. The maximum absolute atomic E-state index is 11.4. The third-order valence-corrected chi connectivity index (χ3v) is 2.49. The summed E-state index contributed by atoms with van der Waals surface area (Å²) in [5.41, 5.74) is 0. The molecule has 1 saturated carbocycles. The molecule has 1 heterocycles. The highest BCUT2D eigenvalue weighted by atomic mass is 16.3. The van der Waals surface area contributed by atoms with Gasteiger partial charge in [-0.3, -0.25) is 4.79 Å². The van der Waals surface area contributed by atoms with E-state index in [9.17, 15) is 4.79 Å². The van der Waals surface area contributed by atoms with Crippen LogP contribution in [0, 0.1) is 5.92 Å². The summed E-state index contributed by atoms with van der Waals surface area (Å²) in [6.45, 7) is 0. The molecule has 2 heteroatoms. The van der Waals surface area contributed by atoms with E-state index in [0.29, 0.717) is 18.1 Å². The van der Waals surface area contributed by atoms with Crippen LogP contribution in [0.3, 0.4) is 0 Å². The van der Waals surface area contributed by atoms with Crippen molar-refractivity contribution in [2.24, 2.45) is 5.92 Å². The van der Waals surface area contributed by atoms with Crippen LogP contribution in [-0.2, 0) is 11.2 Å². The average molecular weight is 164 g/mol. The van der Waals surface area contributed by atoms with Gasteiger partial charge in [-0.15, -0.1) is 0 Å². The third-order valence-electron chi connectivity index (χ3n) is 2.49. The van der Waals surface area contributed by atoms with Gasteiger partial charge < -0.3 is 4.42 Å². The van der Waals surface area contributed by atoms with E-state index >= 15 is 0 Å². The summed E-state index contributed by atoms with van der Waals surface area (Å²) in [5.74, 6) is 1.47. The van der Waals surface area contributed by atoms with E-state index in [1.165, 1.54) is 6.42 Å². The van der Waals surface area contributed by atoms with E-state index in [1.807, 2.05) is 12.1 Å². The Labute approximate surface area is 71.6 Å². The van der Waals surface area contributed by atoms with Gasteiger partial charge in [0.2, 0.25) is 0 Å². The molecule has 1 aromatic heterocycles. The van der Waals surface area contributed by atoms with Gasteiger partial charge in [0.15, 0.2) is 0 Å². The van der Waals surface area contributed by atoms with Gasteiger partial charge in [0, 0.05) is 5.92 Å². The van der Waals surface area contributed by atoms with Crippen molar-refractivity contribution >= 4 is 5.78 Å². The van der Waals surface area contributed by atoms with Crippen LogP contribution >= 0.6 is 0 Å². The zero-order valence-corrected chi connectivity index (χ0v) is 6.95. The molecule has 1 aliphatic rings. The highest BCUT2D eigenvalue weighted by Crippen LogP contribution is 2.28. The van der Waals surface area contributed by atoms with Gasteiger partial charge in [0.25, 0.3) is 0 Å². The van der Waals surface area contributed by atoms with E-state index in [1.54, 1.807) is 6.26 Å². The van der Waals surface area contributed by atoms with Gasteiger partial charge >= 0.3 is 0 Å². The molecule has 0 unspecified atom stereocenters. The summed E-state index contributed by atoms with van der Waals surface area (Å²) >= 11 is 0. The van der Waals surface area contributed by atoms with Crippen molar-refractivity contribution in [1.29, 1.82) is 0 Å². The van der Waals surface area contributed by atoms with Crippen molar-refractivity contribution in [2.75, 3.05) is 0 Å². The Morgan fingerprint density at radius 1 is 1.58 bits per heavy atom. The monoisotopic (exact) mass is 164 g/mol. The van der Waals surface area contributed by atoms with Crippen LogP contribution in [0.1, 0.15) is 25.0 Å². The molecule has 1 fully saturated rings. The summed E-state index contributed by atoms with van der Waals surface area (Å²) in [6, 6.07) is 3.68. The fourth-order valence-electron chi connectivity index (χ4n) is 1.46. The molecule has 0 aliphatic heterocycles. The number of carbonyl (C=O) groups is 1. The first-order chi connectivity index (χ1) is 5.86. The Morgan fingerprint density at radius 3 is 2.92 bits per heavy atom. The molecule has 0 saturated heterocycles. The number of ketones is 1. The lowest BCUT2D eigenvalue weighted by Gasteiger charge is -2.23. The predicted molar refractivity (Wildman–Crippen MR) is 44.8 cm³/mol. The van der Waals surface area contributed by atoms with Gasteiger partial charge in [-0.2, -0.15) is 0 Å². The van der Waals surface area contributed by atoms with Crippen LogP contribution < -0.4 is 0 Å². The zero-order valence-electron chi connectivity index (χ0n) is 6.95. The molecule has 0 amide bonds. The highest BCUT2D eigenvalue weighted by Gasteiger charge is 2.25. The first-order valence-electron chi connectivity index (χ1n) is 4.41. The molecule has 12 heavy (non-hydrogen) atoms. The average Bonchev–Trinajstić information content (AvgIpc) is 2.34. The Bertz CT molecular complexity index is 257. The lowest BCUT2D eigenvalue weighted by Crippen LogP contribution is -2.23. The van der Waals surface area contributed by atoms with Crippen LogP contribution in [0.4, 0.5) is 0 Å². The first kappa shape index (κ1) is 7.59. The lowest BCUT2D eigenvalue weighted by atomic mass is 9.81. The van der Waals surface area contributed by atoms with E-state index in [0.717, 1.165) is 18.6 Å². The van der Waals surface area contributed by atoms with Gasteiger partial charge in [0.05, 0.1) is 12.7 Å². The summed E-state index contributed by atoms with van der Waals surface area (Å²) in [4.78, 5) is 11.4. The van der Waals surface area contributed by atoms with E-state index in [4.69, 9.17) is 4.42 Å². The van der Waals surface area contributed by atoms with Crippen LogP contribution in [0.25, 0.3) is 0 Å². The first-order valence-corrected chi connectivity index (χ1v) is 4.41. The second kappa shape index (κ2) is 3.13. The Kier molecular flexibility index (Phi) is 1.98. The molecule has 0 spiro atoms. The van der Waals surface area contributed by atoms with Crippen LogP contribution in [0.2, 0.25) is 0 Å². The molecular formula is C10H12O2. The number of Topliss-reactive ketones (excluding diaryl/α,β-unsaturated/α-hetero) is 1. The fourth-order valence-corrected chi connectivity index (χ4v) is 1.46. The third kappa shape index (κ3) is 1.42. The van der Waals surface area contributed by atoms with Gasteiger partial charge in [-0.05, 0) is 25.0 Å². The minimum Gasteiger partial charge on any atom is -0.469 e. The summed E-state index contributed by atoms with van der Waals surface area (Å²) in [7, 11) is 0. The van der Waals surface area contributed by atoms with Crippen molar-refractivity contribution < 1.29 is 9.21 Å². The molecule has 1 aliphatic carbocycles. The number of furan rings is 1. The number of carbonyl (C=O) groups excluding carboxylic acids is 1. The molecule has 1 aromatic rings. The van der Waals surface area contributed by atoms with E-state index < -0.39 is 0 Å². The second-order valence-corrected chi connectivity index (χ2v) is 3.35. The predicted octanol–water partition coefficient (Wildman–Crippen LogP) is 2.19. The van der Waals surface area contributed by atoms with Crippen molar-refractivity contribution in [3.05, 3.63) is 24.2 Å². The molecule has 0 atom stereocenters. The van der Waals surface area contributed by atoms with E-state index in [-0.39, 0.29) is 0 Å². The molecule has 0 radical (unpaired) electrons. The van der Waals surface area contributed by atoms with Crippen LogP contribution in [0.5, 0.6) is 0 Å². The van der Waals surface area contributed by atoms with Crippen molar-refractivity contribution in [3.8, 4) is 0 Å². The highest BCUT2D eigenvalue weighted by molar-refractivity contribution is 5.83. The van der Waals surface area contributed by atoms with Crippen molar-refractivity contribution in [1.82, 2.24) is 0 Å². The quantitative estimate of drug-likeness (QED) is 0.685. The standard InChI is InChI=1S/C10H12O2/c11-10(8-3-1-4-8)7-9-5-2-6-12-9/h2,5-6,8H,1,3-4,7H2. The molecule has 2 rings (SSSR count). The minimum atomic E-state index is 0.329. The largest absolute Gasteiger partial charge is 0.469 e. The maximum atomic E-state index is 11.4. The Morgan fingerprint density at radius 2 is 2.42 bits per heavy atom. The molecule has 0 bridgehead atoms. The molecule has 64 valence electrons. The number of hydrogen-bond donors (Lipinski definition) is 0. The van der Waals surface area contributed by atoms with Gasteiger partial charge in [-0.25, -0.2) is 0 Å². The van der Waals surface area contributed by atoms with E-state index in [2.05, 4.69) is 0 Å². The van der Waals surface area contributed by atoms with Crippen LogP contribution in [-0.4, -0.2) is 5.78 Å². The minimum absolute atomic E-state index is 0.329. The van der Waals surface area contributed by atoms with Gasteiger partial charge in [-0.1, -0.05) is 6.42 Å². The normalized spacial score (nSPS) is 17.3. The molecular weight excluding hydrogens is 152 g/mol. The zero-order chi connectivity index (χ0) is 8.39. The topological polar surface area (TPSA) is 30.2 Å². The van der Waals surface area contributed by atoms with Gasteiger partial charge in [0.1, 0.15) is 11.5 Å². The molecule has 0 aromatic carbocycles. The number of rotatable bonds is 3. The summed E-state index contributed by atoms with van der Waals surface area (Å²) in [5, 5.41) is 0. The second-order valence-electron chi connectivity index (χ2n) is 3.35. The number of hydrogen-bond acceptors (Lipinski definition) is 2. The van der Waals surface area contributed by atoms with Crippen molar-refractivity contribution in [3.63, 3.8) is 0 Å². The molecule has 2 nitrogen and oxygen atoms in total. The molecule has 0 N–H and O–H groups in total. The van der Waals surface area contributed by atoms with Crippen molar-refractivity contribution in [2.45, 2.75) is 25.7 Å². The maximum Gasteiger partial charge on any atom is 0.143 e.